The first-order chi connectivity index (χ1) is 7.83. The predicted octanol–water partition coefficient (Wildman–Crippen LogP) is 3.46. The van der Waals surface area contributed by atoms with Gasteiger partial charge in [0.15, 0.2) is 0 Å². The van der Waals surface area contributed by atoms with Gasteiger partial charge in [0, 0.05) is 5.92 Å². The summed E-state index contributed by atoms with van der Waals surface area (Å²) < 4.78 is 1.88. The van der Waals surface area contributed by atoms with Crippen LogP contribution in [0, 0.1) is 0 Å². The van der Waals surface area contributed by atoms with Crippen LogP contribution in [-0.4, -0.2) is 9.78 Å². The molecule has 1 heterocycles. The van der Waals surface area contributed by atoms with Crippen LogP contribution in [0.5, 0.6) is 0 Å². The van der Waals surface area contributed by atoms with E-state index in [-0.39, 0.29) is 0 Å². The standard InChI is InChI=1S/C13H13ClN2/c14-13-8-12(11-6-7-11)15-16(13)9-10-4-2-1-3-5-10/h1-5,8,11H,6-7,9H2. The Morgan fingerprint density at radius 2 is 2.00 bits per heavy atom. The second kappa shape index (κ2) is 3.95. The Labute approximate surface area is 99.9 Å². The van der Waals surface area contributed by atoms with Gasteiger partial charge in [-0.1, -0.05) is 41.9 Å². The van der Waals surface area contributed by atoms with Crippen molar-refractivity contribution in [3.8, 4) is 0 Å². The number of hydrogen-bond donors (Lipinski definition) is 0. The van der Waals surface area contributed by atoms with Gasteiger partial charge in [-0.2, -0.15) is 5.10 Å². The zero-order valence-electron chi connectivity index (χ0n) is 8.94. The molecule has 1 aromatic carbocycles. The lowest BCUT2D eigenvalue weighted by atomic mass is 10.2. The fourth-order valence-electron chi connectivity index (χ4n) is 1.86. The summed E-state index contributed by atoms with van der Waals surface area (Å²) >= 11 is 6.17. The molecule has 0 unspecified atom stereocenters. The maximum atomic E-state index is 6.17. The van der Waals surface area contributed by atoms with Crippen molar-refractivity contribution in [3.05, 3.63) is 52.8 Å². The average Bonchev–Trinajstić information content (AvgIpc) is 3.07. The molecule has 2 aromatic rings. The molecule has 1 aromatic heterocycles. The Balaban J connectivity index is 1.84. The van der Waals surface area contributed by atoms with Gasteiger partial charge in [0.1, 0.15) is 5.15 Å². The fourth-order valence-corrected chi connectivity index (χ4v) is 2.07. The second-order valence-corrected chi connectivity index (χ2v) is 4.70. The van der Waals surface area contributed by atoms with E-state index in [1.54, 1.807) is 0 Å². The molecule has 0 radical (unpaired) electrons. The summed E-state index contributed by atoms with van der Waals surface area (Å²) in [6, 6.07) is 12.3. The van der Waals surface area contributed by atoms with Gasteiger partial charge in [-0.05, 0) is 24.5 Å². The third kappa shape index (κ3) is 1.98. The number of halogens is 1. The number of rotatable bonds is 3. The van der Waals surface area contributed by atoms with Gasteiger partial charge in [-0.25, -0.2) is 4.68 Å². The van der Waals surface area contributed by atoms with E-state index >= 15 is 0 Å². The molecule has 0 amide bonds. The molecular formula is C13H13ClN2. The van der Waals surface area contributed by atoms with Crippen LogP contribution < -0.4 is 0 Å². The second-order valence-electron chi connectivity index (χ2n) is 4.31. The third-order valence-electron chi connectivity index (χ3n) is 2.92. The Bertz CT molecular complexity index is 486. The number of nitrogens with zero attached hydrogens (tertiary/aromatic N) is 2. The maximum absolute atomic E-state index is 6.17. The van der Waals surface area contributed by atoms with Crippen LogP contribution in [0.2, 0.25) is 5.15 Å². The number of aromatic nitrogens is 2. The number of hydrogen-bond acceptors (Lipinski definition) is 1. The number of benzene rings is 1. The van der Waals surface area contributed by atoms with E-state index in [4.69, 9.17) is 11.6 Å². The third-order valence-corrected chi connectivity index (χ3v) is 3.22. The van der Waals surface area contributed by atoms with Gasteiger partial charge >= 0.3 is 0 Å². The molecule has 0 bridgehead atoms. The molecule has 0 spiro atoms. The normalized spacial score (nSPS) is 15.3. The van der Waals surface area contributed by atoms with Crippen molar-refractivity contribution in [1.29, 1.82) is 0 Å². The van der Waals surface area contributed by atoms with E-state index < -0.39 is 0 Å². The molecule has 3 heteroatoms. The van der Waals surface area contributed by atoms with Gasteiger partial charge in [0.25, 0.3) is 0 Å². The van der Waals surface area contributed by atoms with Crippen LogP contribution in [-0.2, 0) is 6.54 Å². The van der Waals surface area contributed by atoms with Crippen LogP contribution >= 0.6 is 11.6 Å². The van der Waals surface area contributed by atoms with E-state index in [1.807, 2.05) is 28.9 Å². The molecule has 2 nitrogen and oxygen atoms in total. The molecule has 1 fully saturated rings. The van der Waals surface area contributed by atoms with Crippen molar-refractivity contribution in [3.63, 3.8) is 0 Å². The smallest absolute Gasteiger partial charge is 0.127 e. The first-order valence-corrected chi connectivity index (χ1v) is 5.98. The van der Waals surface area contributed by atoms with Gasteiger partial charge in [0.05, 0.1) is 12.2 Å². The lowest BCUT2D eigenvalue weighted by Gasteiger charge is -2.02. The minimum Gasteiger partial charge on any atom is -0.249 e. The summed E-state index contributed by atoms with van der Waals surface area (Å²) in [7, 11) is 0. The summed E-state index contributed by atoms with van der Waals surface area (Å²) in [5.74, 6) is 0.662. The minimum absolute atomic E-state index is 0.662. The zero-order chi connectivity index (χ0) is 11.0. The highest BCUT2D eigenvalue weighted by Gasteiger charge is 2.26. The maximum Gasteiger partial charge on any atom is 0.127 e. The minimum atomic E-state index is 0.662. The lowest BCUT2D eigenvalue weighted by molar-refractivity contribution is 0.673. The highest BCUT2D eigenvalue weighted by molar-refractivity contribution is 6.29. The van der Waals surface area contributed by atoms with Gasteiger partial charge in [-0.3, -0.25) is 0 Å². The van der Waals surface area contributed by atoms with Gasteiger partial charge in [-0.15, -0.1) is 0 Å². The Kier molecular flexibility index (Phi) is 2.44. The molecular weight excluding hydrogens is 220 g/mol. The Hall–Kier alpha value is -1.28. The molecule has 0 saturated heterocycles. The molecule has 0 atom stereocenters. The van der Waals surface area contributed by atoms with E-state index in [9.17, 15) is 0 Å². The molecule has 3 rings (SSSR count). The van der Waals surface area contributed by atoms with Crippen molar-refractivity contribution in [1.82, 2.24) is 9.78 Å². The van der Waals surface area contributed by atoms with E-state index in [1.165, 1.54) is 18.4 Å². The monoisotopic (exact) mass is 232 g/mol. The summed E-state index contributed by atoms with van der Waals surface area (Å²) in [5, 5.41) is 5.29. The molecule has 1 aliphatic rings. The van der Waals surface area contributed by atoms with Crippen LogP contribution in [0.25, 0.3) is 0 Å². The first-order valence-electron chi connectivity index (χ1n) is 5.60. The lowest BCUT2D eigenvalue weighted by Crippen LogP contribution is -2.02. The van der Waals surface area contributed by atoms with Crippen molar-refractivity contribution in [2.75, 3.05) is 0 Å². The van der Waals surface area contributed by atoms with Crippen LogP contribution in [0.15, 0.2) is 36.4 Å². The zero-order valence-corrected chi connectivity index (χ0v) is 9.69. The molecule has 1 aliphatic carbocycles. The van der Waals surface area contributed by atoms with Crippen molar-refractivity contribution in [2.45, 2.75) is 25.3 Å². The molecule has 16 heavy (non-hydrogen) atoms. The quantitative estimate of drug-likeness (QED) is 0.793. The summed E-state index contributed by atoms with van der Waals surface area (Å²) in [4.78, 5) is 0. The summed E-state index contributed by atoms with van der Waals surface area (Å²) in [5.41, 5.74) is 2.38. The van der Waals surface area contributed by atoms with Crippen molar-refractivity contribution < 1.29 is 0 Å². The van der Waals surface area contributed by atoms with E-state index in [0.29, 0.717) is 5.92 Å². The van der Waals surface area contributed by atoms with E-state index in [2.05, 4.69) is 17.2 Å². The van der Waals surface area contributed by atoms with Gasteiger partial charge < -0.3 is 0 Å². The largest absolute Gasteiger partial charge is 0.249 e. The Morgan fingerprint density at radius 1 is 1.25 bits per heavy atom. The van der Waals surface area contributed by atoms with Crippen LogP contribution in [0.4, 0.5) is 0 Å². The van der Waals surface area contributed by atoms with Crippen molar-refractivity contribution >= 4 is 11.6 Å². The van der Waals surface area contributed by atoms with Crippen LogP contribution in [0.1, 0.15) is 30.0 Å². The van der Waals surface area contributed by atoms with Crippen LogP contribution in [0.3, 0.4) is 0 Å². The molecule has 0 N–H and O–H groups in total. The highest BCUT2D eigenvalue weighted by Crippen LogP contribution is 2.40. The SMILES string of the molecule is Clc1cc(C2CC2)nn1Cc1ccccc1. The highest BCUT2D eigenvalue weighted by atomic mass is 35.5. The molecule has 1 saturated carbocycles. The average molecular weight is 233 g/mol. The summed E-state index contributed by atoms with van der Waals surface area (Å²) in [6.45, 7) is 0.756. The molecule has 82 valence electrons. The predicted molar refractivity (Wildman–Crippen MR) is 64.8 cm³/mol. The first kappa shape index (κ1) is 9.91. The van der Waals surface area contributed by atoms with Gasteiger partial charge in [0.2, 0.25) is 0 Å². The fraction of sp³-hybridized carbons (Fsp3) is 0.308. The topological polar surface area (TPSA) is 17.8 Å². The van der Waals surface area contributed by atoms with E-state index in [0.717, 1.165) is 17.4 Å². The Morgan fingerprint density at radius 3 is 2.69 bits per heavy atom. The van der Waals surface area contributed by atoms with Crippen molar-refractivity contribution in [2.24, 2.45) is 0 Å². The molecule has 0 aliphatic heterocycles. The summed E-state index contributed by atoms with van der Waals surface area (Å²) in [6.07, 6.45) is 2.53.